The molecular weight excluding hydrogens is 286 g/mol. The maximum absolute atomic E-state index is 13.8. The van der Waals surface area contributed by atoms with Crippen molar-refractivity contribution in [1.29, 1.82) is 0 Å². The fourth-order valence-corrected chi connectivity index (χ4v) is 1.89. The zero-order chi connectivity index (χ0) is 15.6. The van der Waals surface area contributed by atoms with E-state index in [4.69, 9.17) is 5.73 Å². The smallest absolute Gasteiger partial charge is 0.422 e. The zero-order valence-electron chi connectivity index (χ0n) is 11.2. The quantitative estimate of drug-likeness (QED) is 0.676. The summed E-state index contributed by atoms with van der Waals surface area (Å²) in [7, 11) is 0. The Hall–Kier alpha value is -2.24. The highest BCUT2D eigenvalue weighted by atomic mass is 19.4. The molecule has 0 unspecified atom stereocenters. The number of rotatable bonds is 3. The molecule has 0 spiro atoms. The Bertz CT molecular complexity index is 653. The molecule has 0 saturated heterocycles. The van der Waals surface area contributed by atoms with Crippen molar-refractivity contribution in [2.45, 2.75) is 13.1 Å². The van der Waals surface area contributed by atoms with Crippen LogP contribution in [0.25, 0.3) is 11.1 Å². The van der Waals surface area contributed by atoms with Gasteiger partial charge in [-0.3, -0.25) is 0 Å². The number of anilines is 1. The van der Waals surface area contributed by atoms with Gasteiger partial charge in [-0.1, -0.05) is 11.6 Å². The second-order valence-corrected chi connectivity index (χ2v) is 4.64. The molecule has 0 aliphatic rings. The van der Waals surface area contributed by atoms with E-state index < -0.39 is 18.6 Å². The van der Waals surface area contributed by atoms with E-state index in [9.17, 15) is 17.6 Å². The van der Waals surface area contributed by atoms with E-state index in [0.717, 1.165) is 5.56 Å². The van der Waals surface area contributed by atoms with Crippen LogP contribution in [-0.2, 0) is 0 Å². The Labute approximate surface area is 119 Å². The van der Waals surface area contributed by atoms with Crippen molar-refractivity contribution in [3.05, 3.63) is 47.8 Å². The molecule has 0 aliphatic carbocycles. The van der Waals surface area contributed by atoms with Crippen LogP contribution in [0.15, 0.2) is 36.4 Å². The summed E-state index contributed by atoms with van der Waals surface area (Å²) in [6.07, 6.45) is -4.42. The molecule has 0 heterocycles. The predicted octanol–water partition coefficient (Wildman–Crippen LogP) is 4.32. The molecule has 2 aromatic rings. The third kappa shape index (κ3) is 3.87. The molecule has 0 bridgehead atoms. The number of hydrogen-bond acceptors (Lipinski definition) is 2. The summed E-state index contributed by atoms with van der Waals surface area (Å²) in [6, 6.07) is 8.59. The summed E-state index contributed by atoms with van der Waals surface area (Å²) in [5.41, 5.74) is 7.50. The number of nitrogen functional groups attached to an aromatic ring is 1. The van der Waals surface area contributed by atoms with Gasteiger partial charge in [-0.15, -0.1) is 0 Å². The predicted molar refractivity (Wildman–Crippen MR) is 72.5 cm³/mol. The van der Waals surface area contributed by atoms with Gasteiger partial charge in [0.25, 0.3) is 0 Å². The Kier molecular flexibility index (Phi) is 4.06. The highest BCUT2D eigenvalue weighted by Gasteiger charge is 2.28. The number of benzene rings is 2. The molecule has 0 saturated carbocycles. The van der Waals surface area contributed by atoms with E-state index in [1.807, 2.05) is 0 Å². The molecule has 0 atom stereocenters. The van der Waals surface area contributed by atoms with Gasteiger partial charge in [0.1, 0.15) is 11.6 Å². The lowest BCUT2D eigenvalue weighted by Gasteiger charge is -2.12. The van der Waals surface area contributed by atoms with Crippen molar-refractivity contribution in [1.82, 2.24) is 0 Å². The second kappa shape index (κ2) is 5.63. The first kappa shape index (κ1) is 15.2. The summed E-state index contributed by atoms with van der Waals surface area (Å²) in [4.78, 5) is 0. The molecule has 0 fully saturated rings. The fourth-order valence-electron chi connectivity index (χ4n) is 1.89. The van der Waals surface area contributed by atoms with Crippen molar-refractivity contribution >= 4 is 5.69 Å². The molecule has 0 aliphatic heterocycles. The summed E-state index contributed by atoms with van der Waals surface area (Å²) in [5.74, 6) is -0.460. The Morgan fingerprint density at radius 3 is 2.38 bits per heavy atom. The average Bonchev–Trinajstić information content (AvgIpc) is 2.39. The van der Waals surface area contributed by atoms with E-state index in [1.165, 1.54) is 24.3 Å². The van der Waals surface area contributed by atoms with Gasteiger partial charge in [0.15, 0.2) is 6.61 Å². The molecule has 6 heteroatoms. The van der Waals surface area contributed by atoms with Crippen LogP contribution < -0.4 is 10.5 Å². The Balaban J connectivity index is 2.29. The molecule has 2 rings (SSSR count). The van der Waals surface area contributed by atoms with Crippen LogP contribution >= 0.6 is 0 Å². The monoisotopic (exact) mass is 299 g/mol. The molecular formula is C15H13F4NO. The Morgan fingerprint density at radius 2 is 1.76 bits per heavy atom. The van der Waals surface area contributed by atoms with Gasteiger partial charge in [0.05, 0.1) is 0 Å². The average molecular weight is 299 g/mol. The van der Waals surface area contributed by atoms with E-state index >= 15 is 0 Å². The van der Waals surface area contributed by atoms with Gasteiger partial charge < -0.3 is 10.5 Å². The van der Waals surface area contributed by atoms with Crippen LogP contribution in [0.4, 0.5) is 23.2 Å². The summed E-state index contributed by atoms with van der Waals surface area (Å²) >= 11 is 0. The van der Waals surface area contributed by atoms with E-state index in [2.05, 4.69) is 4.74 Å². The fraction of sp³-hybridized carbons (Fsp3) is 0.200. The topological polar surface area (TPSA) is 35.2 Å². The summed E-state index contributed by atoms with van der Waals surface area (Å²) in [5, 5.41) is 0. The third-order valence-electron chi connectivity index (χ3n) is 2.84. The first-order valence-corrected chi connectivity index (χ1v) is 6.12. The summed E-state index contributed by atoms with van der Waals surface area (Å²) < 4.78 is 54.6. The number of nitrogens with two attached hydrogens (primary N) is 1. The maximum Gasteiger partial charge on any atom is 0.422 e. The van der Waals surface area contributed by atoms with Crippen molar-refractivity contribution in [2.24, 2.45) is 0 Å². The van der Waals surface area contributed by atoms with Gasteiger partial charge in [-0.2, -0.15) is 13.2 Å². The number of alkyl halides is 3. The van der Waals surface area contributed by atoms with Crippen molar-refractivity contribution in [3.8, 4) is 16.9 Å². The number of ether oxygens (including phenoxy) is 1. The van der Waals surface area contributed by atoms with Crippen molar-refractivity contribution in [2.75, 3.05) is 12.3 Å². The molecule has 21 heavy (non-hydrogen) atoms. The number of halogens is 4. The summed E-state index contributed by atoms with van der Waals surface area (Å²) in [6.45, 7) is 0.407. The third-order valence-corrected chi connectivity index (χ3v) is 2.84. The van der Waals surface area contributed by atoms with E-state index in [-0.39, 0.29) is 11.4 Å². The van der Waals surface area contributed by atoms with Gasteiger partial charge in [0.2, 0.25) is 0 Å². The lowest BCUT2D eigenvalue weighted by atomic mass is 10.0. The minimum absolute atomic E-state index is 0.0124. The van der Waals surface area contributed by atoms with Crippen LogP contribution in [-0.4, -0.2) is 12.8 Å². The minimum Gasteiger partial charge on any atom is -0.484 e. The van der Waals surface area contributed by atoms with Crippen molar-refractivity contribution in [3.63, 3.8) is 0 Å². The molecule has 2 N–H and O–H groups in total. The first-order chi connectivity index (χ1) is 9.76. The molecule has 2 aromatic carbocycles. The largest absolute Gasteiger partial charge is 0.484 e. The van der Waals surface area contributed by atoms with Crippen LogP contribution in [0.1, 0.15) is 5.56 Å². The van der Waals surface area contributed by atoms with E-state index in [1.54, 1.807) is 19.1 Å². The standard InChI is InChI=1S/C15H13F4NO/c1-9-2-5-13(16)12(6-9)11-4-3-10(7-14(11)20)21-8-15(17,18)19/h2-7H,8,20H2,1H3. The van der Waals surface area contributed by atoms with E-state index in [0.29, 0.717) is 11.1 Å². The van der Waals surface area contributed by atoms with Gasteiger partial charge in [-0.25, -0.2) is 4.39 Å². The normalized spacial score (nSPS) is 11.5. The van der Waals surface area contributed by atoms with Crippen LogP contribution in [0.5, 0.6) is 5.75 Å². The number of aryl methyl sites for hydroxylation is 1. The Morgan fingerprint density at radius 1 is 1.05 bits per heavy atom. The zero-order valence-corrected chi connectivity index (χ0v) is 11.2. The molecule has 0 aromatic heterocycles. The molecule has 112 valence electrons. The van der Waals surface area contributed by atoms with Gasteiger partial charge in [0, 0.05) is 22.9 Å². The van der Waals surface area contributed by atoms with Crippen LogP contribution in [0.2, 0.25) is 0 Å². The van der Waals surface area contributed by atoms with Gasteiger partial charge >= 0.3 is 6.18 Å². The maximum atomic E-state index is 13.8. The van der Waals surface area contributed by atoms with Gasteiger partial charge in [-0.05, 0) is 31.2 Å². The van der Waals surface area contributed by atoms with Crippen LogP contribution in [0, 0.1) is 12.7 Å². The minimum atomic E-state index is -4.42. The number of hydrogen-bond donors (Lipinski definition) is 1. The van der Waals surface area contributed by atoms with Crippen LogP contribution in [0.3, 0.4) is 0 Å². The first-order valence-electron chi connectivity index (χ1n) is 6.12. The highest BCUT2D eigenvalue weighted by molar-refractivity contribution is 5.78. The second-order valence-electron chi connectivity index (χ2n) is 4.64. The SMILES string of the molecule is Cc1ccc(F)c(-c2ccc(OCC(F)(F)F)cc2N)c1. The highest BCUT2D eigenvalue weighted by Crippen LogP contribution is 2.32. The van der Waals surface area contributed by atoms with Crippen molar-refractivity contribution < 1.29 is 22.3 Å². The molecule has 2 nitrogen and oxygen atoms in total. The lowest BCUT2D eigenvalue weighted by Crippen LogP contribution is -2.19. The molecule has 0 amide bonds. The lowest BCUT2D eigenvalue weighted by molar-refractivity contribution is -0.153. The molecule has 0 radical (unpaired) electrons.